The fourth-order valence-electron chi connectivity index (χ4n) is 5.19. The van der Waals surface area contributed by atoms with Crippen LogP contribution in [0.4, 0.5) is 0 Å². The standard InChI is InChI=1S/C25H30N4O2/c1-17-27-24(18-5-3-2-4-6-18)12-25(28-17)23-15-29-10-9-19(23)11-20(29)13-26-14-21-7-8-22(16-30)31-21/h2-8,12,19-20,23,26,30H,9-11,13-16H2,1H3. The largest absolute Gasteiger partial charge is 0.462 e. The van der Waals surface area contributed by atoms with E-state index in [0.717, 1.165) is 35.9 Å². The second kappa shape index (κ2) is 8.91. The predicted octanol–water partition coefficient (Wildman–Crippen LogP) is 3.50. The molecule has 0 spiro atoms. The minimum Gasteiger partial charge on any atom is -0.462 e. The molecule has 3 aliphatic heterocycles. The molecule has 4 unspecified atom stereocenters. The summed E-state index contributed by atoms with van der Waals surface area (Å²) >= 11 is 0. The van der Waals surface area contributed by atoms with E-state index < -0.39 is 0 Å². The minimum atomic E-state index is -0.0476. The molecule has 3 aromatic rings. The van der Waals surface area contributed by atoms with Crippen LogP contribution in [0.25, 0.3) is 11.3 Å². The Labute approximate surface area is 183 Å². The van der Waals surface area contributed by atoms with Crippen LogP contribution in [0.2, 0.25) is 0 Å². The van der Waals surface area contributed by atoms with Crippen molar-refractivity contribution in [3.05, 3.63) is 71.6 Å². The highest BCUT2D eigenvalue weighted by Crippen LogP contribution is 2.41. The van der Waals surface area contributed by atoms with Gasteiger partial charge in [-0.2, -0.15) is 0 Å². The summed E-state index contributed by atoms with van der Waals surface area (Å²) in [5.41, 5.74) is 3.37. The number of hydrogen-bond donors (Lipinski definition) is 2. The topological polar surface area (TPSA) is 74.4 Å². The first-order valence-corrected chi connectivity index (χ1v) is 11.2. The van der Waals surface area contributed by atoms with Gasteiger partial charge in [-0.3, -0.25) is 4.90 Å². The molecular formula is C25H30N4O2. The van der Waals surface area contributed by atoms with Crippen molar-refractivity contribution in [2.24, 2.45) is 5.92 Å². The first-order valence-electron chi connectivity index (χ1n) is 11.2. The van der Waals surface area contributed by atoms with Gasteiger partial charge in [0, 0.05) is 36.3 Å². The van der Waals surface area contributed by atoms with Crippen molar-refractivity contribution < 1.29 is 9.52 Å². The maximum atomic E-state index is 9.14. The molecule has 6 heteroatoms. The van der Waals surface area contributed by atoms with Crippen LogP contribution in [0.1, 0.15) is 41.8 Å². The lowest BCUT2D eigenvalue weighted by Crippen LogP contribution is -2.55. The number of hydrogen-bond acceptors (Lipinski definition) is 6. The lowest BCUT2D eigenvalue weighted by atomic mass is 9.74. The summed E-state index contributed by atoms with van der Waals surface area (Å²) in [6.07, 6.45) is 2.43. The van der Waals surface area contributed by atoms with Gasteiger partial charge < -0.3 is 14.8 Å². The lowest BCUT2D eigenvalue weighted by molar-refractivity contribution is 0.0290. The summed E-state index contributed by atoms with van der Waals surface area (Å²) in [4.78, 5) is 12.2. The van der Waals surface area contributed by atoms with E-state index in [4.69, 9.17) is 19.5 Å². The van der Waals surface area contributed by atoms with E-state index in [1.54, 1.807) is 0 Å². The molecule has 1 aromatic carbocycles. The third kappa shape index (κ3) is 4.42. The van der Waals surface area contributed by atoms with Gasteiger partial charge in [0.25, 0.3) is 0 Å². The monoisotopic (exact) mass is 418 g/mol. The summed E-state index contributed by atoms with van der Waals surface area (Å²) < 4.78 is 5.58. The molecule has 0 saturated carbocycles. The third-order valence-corrected chi connectivity index (χ3v) is 6.74. The summed E-state index contributed by atoms with van der Waals surface area (Å²) in [5, 5.41) is 12.7. The lowest BCUT2D eigenvalue weighted by Gasteiger charge is -2.50. The highest BCUT2D eigenvalue weighted by Gasteiger charge is 2.41. The predicted molar refractivity (Wildman–Crippen MR) is 119 cm³/mol. The number of nitrogens with zero attached hydrogens (tertiary/aromatic N) is 3. The quantitative estimate of drug-likeness (QED) is 0.612. The third-order valence-electron chi connectivity index (χ3n) is 6.74. The van der Waals surface area contributed by atoms with Gasteiger partial charge in [-0.15, -0.1) is 0 Å². The summed E-state index contributed by atoms with van der Waals surface area (Å²) in [6.45, 7) is 5.84. The average molecular weight is 419 g/mol. The average Bonchev–Trinajstić information content (AvgIpc) is 3.28. The van der Waals surface area contributed by atoms with Crippen molar-refractivity contribution in [1.82, 2.24) is 20.2 Å². The number of rotatable bonds is 7. The fourth-order valence-corrected chi connectivity index (χ4v) is 5.19. The molecule has 4 atom stereocenters. The van der Waals surface area contributed by atoms with Crippen LogP contribution >= 0.6 is 0 Å². The molecule has 3 saturated heterocycles. The van der Waals surface area contributed by atoms with Gasteiger partial charge in [0.15, 0.2) is 0 Å². The highest BCUT2D eigenvalue weighted by atomic mass is 16.4. The Kier molecular flexibility index (Phi) is 5.85. The SMILES string of the molecule is Cc1nc(-c2ccccc2)cc(C2CN3CCC2CC3CNCc2ccc(CO)o2)n1. The summed E-state index contributed by atoms with van der Waals surface area (Å²) in [6, 6.07) is 16.9. The zero-order chi connectivity index (χ0) is 21.2. The summed E-state index contributed by atoms with van der Waals surface area (Å²) in [5.74, 6) is 3.50. The molecule has 6 nitrogen and oxygen atoms in total. The Morgan fingerprint density at radius 3 is 2.71 bits per heavy atom. The van der Waals surface area contributed by atoms with Crippen LogP contribution < -0.4 is 5.32 Å². The molecule has 162 valence electrons. The summed E-state index contributed by atoms with van der Waals surface area (Å²) in [7, 11) is 0. The van der Waals surface area contributed by atoms with Gasteiger partial charge >= 0.3 is 0 Å². The first-order chi connectivity index (χ1) is 15.2. The molecule has 2 bridgehead atoms. The van der Waals surface area contributed by atoms with Crippen molar-refractivity contribution in [1.29, 1.82) is 0 Å². The molecule has 0 amide bonds. The van der Waals surface area contributed by atoms with E-state index in [9.17, 15) is 0 Å². The van der Waals surface area contributed by atoms with Crippen LogP contribution in [-0.4, -0.2) is 45.7 Å². The number of aliphatic hydroxyl groups is 1. The Hall–Kier alpha value is -2.54. The number of benzene rings is 1. The van der Waals surface area contributed by atoms with Gasteiger partial charge in [-0.25, -0.2) is 9.97 Å². The van der Waals surface area contributed by atoms with Crippen LogP contribution in [0, 0.1) is 12.8 Å². The van der Waals surface area contributed by atoms with Crippen molar-refractivity contribution in [3.63, 3.8) is 0 Å². The van der Waals surface area contributed by atoms with E-state index in [1.807, 2.05) is 25.1 Å². The molecular weight excluding hydrogens is 388 g/mol. The Morgan fingerprint density at radius 1 is 1.13 bits per heavy atom. The van der Waals surface area contributed by atoms with Gasteiger partial charge in [0.05, 0.1) is 12.2 Å². The molecule has 0 aliphatic carbocycles. The number of nitrogens with one attached hydrogen (secondary N) is 1. The Morgan fingerprint density at radius 2 is 1.97 bits per heavy atom. The smallest absolute Gasteiger partial charge is 0.129 e. The van der Waals surface area contributed by atoms with E-state index >= 15 is 0 Å². The van der Waals surface area contributed by atoms with Gasteiger partial charge in [0.1, 0.15) is 24.0 Å². The molecule has 5 heterocycles. The Bertz CT molecular complexity index is 1020. The highest BCUT2D eigenvalue weighted by molar-refractivity contribution is 5.59. The van der Waals surface area contributed by atoms with E-state index in [-0.39, 0.29) is 6.61 Å². The van der Waals surface area contributed by atoms with Crippen LogP contribution in [0.3, 0.4) is 0 Å². The minimum absolute atomic E-state index is 0.0476. The number of piperidine rings is 3. The first kappa shape index (κ1) is 20.4. The molecule has 3 fully saturated rings. The Balaban J connectivity index is 1.24. The van der Waals surface area contributed by atoms with Gasteiger partial charge in [-0.1, -0.05) is 30.3 Å². The van der Waals surface area contributed by atoms with Gasteiger partial charge in [0.2, 0.25) is 0 Å². The number of aliphatic hydroxyl groups excluding tert-OH is 1. The van der Waals surface area contributed by atoms with Crippen molar-refractivity contribution in [2.45, 2.75) is 44.9 Å². The van der Waals surface area contributed by atoms with Crippen LogP contribution in [0.5, 0.6) is 0 Å². The number of fused-ring (bicyclic) bond motifs is 3. The van der Waals surface area contributed by atoms with Crippen LogP contribution in [0.15, 0.2) is 52.9 Å². The number of furan rings is 1. The van der Waals surface area contributed by atoms with E-state index in [0.29, 0.717) is 30.2 Å². The zero-order valence-electron chi connectivity index (χ0n) is 18.0. The normalized spacial score (nSPS) is 25.1. The van der Waals surface area contributed by atoms with Crippen LogP contribution in [-0.2, 0) is 13.2 Å². The molecule has 0 radical (unpaired) electrons. The molecule has 31 heavy (non-hydrogen) atoms. The number of aryl methyl sites for hydroxylation is 1. The van der Waals surface area contributed by atoms with E-state index in [1.165, 1.54) is 25.1 Å². The second-order valence-corrected chi connectivity index (χ2v) is 8.79. The molecule has 2 N–H and O–H groups in total. The maximum absolute atomic E-state index is 9.14. The van der Waals surface area contributed by atoms with Crippen molar-refractivity contribution in [2.75, 3.05) is 19.6 Å². The molecule has 3 aliphatic rings. The van der Waals surface area contributed by atoms with Crippen molar-refractivity contribution in [3.8, 4) is 11.3 Å². The van der Waals surface area contributed by atoms with Gasteiger partial charge in [-0.05, 0) is 50.4 Å². The van der Waals surface area contributed by atoms with E-state index in [2.05, 4.69) is 40.5 Å². The maximum Gasteiger partial charge on any atom is 0.129 e. The molecule has 2 aromatic heterocycles. The molecule has 6 rings (SSSR count). The fraction of sp³-hybridized carbons (Fsp3) is 0.440. The zero-order valence-corrected chi connectivity index (χ0v) is 18.0. The number of aromatic nitrogens is 2. The second-order valence-electron chi connectivity index (χ2n) is 8.79. The van der Waals surface area contributed by atoms with Crippen molar-refractivity contribution >= 4 is 0 Å².